The second-order valence-corrected chi connectivity index (χ2v) is 7.73. The van der Waals surface area contributed by atoms with Crippen LogP contribution in [0.4, 0.5) is 5.69 Å². The van der Waals surface area contributed by atoms with Crippen LogP contribution in [0.3, 0.4) is 0 Å². The van der Waals surface area contributed by atoms with Gasteiger partial charge in [-0.05, 0) is 32.9 Å². The normalized spacial score (nSPS) is 20.0. The number of sulfonamides is 1. The van der Waals surface area contributed by atoms with E-state index in [0.717, 1.165) is 5.69 Å². The Bertz CT molecular complexity index is 767. The molecule has 7 heteroatoms. The largest absolute Gasteiger partial charge is 0.369 e. The first-order chi connectivity index (χ1) is 10.9. The molecule has 2 aromatic rings. The molecule has 1 saturated heterocycles. The number of aryl methyl sites for hydroxylation is 2. The van der Waals surface area contributed by atoms with E-state index in [1.165, 1.54) is 0 Å². The van der Waals surface area contributed by atoms with Crippen molar-refractivity contribution < 1.29 is 12.9 Å². The molecule has 2 heterocycles. The van der Waals surface area contributed by atoms with Crippen LogP contribution in [0, 0.1) is 13.8 Å². The highest BCUT2D eigenvalue weighted by molar-refractivity contribution is 7.89. The zero-order valence-electron chi connectivity index (χ0n) is 13.6. The minimum atomic E-state index is -3.58. The molecule has 1 aliphatic rings. The molecule has 1 aromatic heterocycles. The molecule has 6 nitrogen and oxygen atoms in total. The van der Waals surface area contributed by atoms with Gasteiger partial charge in [0.1, 0.15) is 10.6 Å². The smallest absolute Gasteiger partial charge is 0.248 e. The van der Waals surface area contributed by atoms with Gasteiger partial charge in [0, 0.05) is 31.4 Å². The summed E-state index contributed by atoms with van der Waals surface area (Å²) in [6.45, 7) is 7.00. The summed E-state index contributed by atoms with van der Waals surface area (Å²) < 4.78 is 32.5. The predicted octanol–water partition coefficient (Wildman–Crippen LogP) is 2.19. The first kappa shape index (κ1) is 16.0. The van der Waals surface area contributed by atoms with Crippen molar-refractivity contribution in [2.75, 3.05) is 24.5 Å². The SMILES string of the molecule is Cc1noc(C)c1S(=O)(=O)N1CCN(c2ccccc2)CC1C. The maximum Gasteiger partial charge on any atom is 0.248 e. The highest BCUT2D eigenvalue weighted by Crippen LogP contribution is 2.27. The van der Waals surface area contributed by atoms with Crippen molar-refractivity contribution in [1.29, 1.82) is 0 Å². The van der Waals surface area contributed by atoms with E-state index in [2.05, 4.69) is 10.1 Å². The summed E-state index contributed by atoms with van der Waals surface area (Å²) in [5.74, 6) is 0.347. The van der Waals surface area contributed by atoms with E-state index >= 15 is 0 Å². The zero-order valence-corrected chi connectivity index (χ0v) is 14.4. The molecule has 1 aliphatic heterocycles. The average molecular weight is 335 g/mol. The molecule has 1 unspecified atom stereocenters. The summed E-state index contributed by atoms with van der Waals surface area (Å²) in [5.41, 5.74) is 1.54. The Hall–Kier alpha value is -1.86. The number of benzene rings is 1. The van der Waals surface area contributed by atoms with Gasteiger partial charge in [-0.15, -0.1) is 0 Å². The number of hydrogen-bond acceptors (Lipinski definition) is 5. The lowest BCUT2D eigenvalue weighted by atomic mass is 10.2. The molecule has 3 rings (SSSR count). The molecule has 23 heavy (non-hydrogen) atoms. The van der Waals surface area contributed by atoms with Gasteiger partial charge in [0.2, 0.25) is 10.0 Å². The van der Waals surface area contributed by atoms with Crippen LogP contribution in [0.2, 0.25) is 0 Å². The Balaban J connectivity index is 1.84. The number of aromatic nitrogens is 1. The summed E-state index contributed by atoms with van der Waals surface area (Å²) in [7, 11) is -3.58. The number of para-hydroxylation sites is 1. The van der Waals surface area contributed by atoms with Crippen LogP contribution >= 0.6 is 0 Å². The molecule has 124 valence electrons. The molecule has 0 radical (unpaired) electrons. The van der Waals surface area contributed by atoms with Crippen molar-refractivity contribution in [3.05, 3.63) is 41.8 Å². The minimum Gasteiger partial charge on any atom is -0.369 e. The fourth-order valence-corrected chi connectivity index (χ4v) is 5.04. The Morgan fingerprint density at radius 1 is 1.17 bits per heavy atom. The number of piperazine rings is 1. The van der Waals surface area contributed by atoms with Gasteiger partial charge in [-0.1, -0.05) is 23.4 Å². The number of rotatable bonds is 3. The lowest BCUT2D eigenvalue weighted by molar-refractivity contribution is 0.306. The molecular formula is C16H21N3O3S. The van der Waals surface area contributed by atoms with Crippen molar-refractivity contribution in [1.82, 2.24) is 9.46 Å². The van der Waals surface area contributed by atoms with Gasteiger partial charge in [0.05, 0.1) is 0 Å². The van der Waals surface area contributed by atoms with E-state index in [0.29, 0.717) is 31.1 Å². The van der Waals surface area contributed by atoms with E-state index < -0.39 is 10.0 Å². The van der Waals surface area contributed by atoms with Crippen molar-refractivity contribution in [3.63, 3.8) is 0 Å². The molecule has 1 atom stereocenters. The summed E-state index contributed by atoms with van der Waals surface area (Å²) >= 11 is 0. The fraction of sp³-hybridized carbons (Fsp3) is 0.438. The third-order valence-electron chi connectivity index (χ3n) is 4.22. The van der Waals surface area contributed by atoms with Gasteiger partial charge in [-0.3, -0.25) is 0 Å². The molecule has 0 amide bonds. The number of hydrogen-bond donors (Lipinski definition) is 0. The minimum absolute atomic E-state index is 0.123. The van der Waals surface area contributed by atoms with Gasteiger partial charge >= 0.3 is 0 Å². The van der Waals surface area contributed by atoms with Gasteiger partial charge in [0.15, 0.2) is 5.76 Å². The van der Waals surface area contributed by atoms with Crippen LogP contribution in [0.5, 0.6) is 0 Å². The standard InChI is InChI=1S/C16H21N3O3S/c1-12-11-18(15-7-5-4-6-8-15)9-10-19(12)23(20,21)16-13(2)17-22-14(16)3/h4-8,12H,9-11H2,1-3H3. The van der Waals surface area contributed by atoms with Crippen LogP contribution in [0.25, 0.3) is 0 Å². The third-order valence-corrected chi connectivity index (χ3v) is 6.48. The van der Waals surface area contributed by atoms with E-state index in [9.17, 15) is 8.42 Å². The molecule has 0 aliphatic carbocycles. The van der Waals surface area contributed by atoms with Crippen molar-refractivity contribution in [3.8, 4) is 0 Å². The van der Waals surface area contributed by atoms with Crippen LogP contribution in [-0.2, 0) is 10.0 Å². The van der Waals surface area contributed by atoms with Crippen LogP contribution in [0.1, 0.15) is 18.4 Å². The maximum atomic E-state index is 13.0. The first-order valence-electron chi connectivity index (χ1n) is 7.66. The van der Waals surface area contributed by atoms with E-state index in [4.69, 9.17) is 4.52 Å². The van der Waals surface area contributed by atoms with Crippen LogP contribution in [-0.4, -0.2) is 43.6 Å². The topological polar surface area (TPSA) is 66.7 Å². The Morgan fingerprint density at radius 3 is 2.43 bits per heavy atom. The van der Waals surface area contributed by atoms with E-state index in [1.807, 2.05) is 37.3 Å². The Labute approximate surface area is 136 Å². The van der Waals surface area contributed by atoms with Crippen molar-refractivity contribution in [2.24, 2.45) is 0 Å². The highest BCUT2D eigenvalue weighted by atomic mass is 32.2. The summed E-state index contributed by atoms with van der Waals surface area (Å²) in [5, 5.41) is 3.77. The average Bonchev–Trinajstić information content (AvgIpc) is 2.87. The monoisotopic (exact) mass is 335 g/mol. The van der Waals surface area contributed by atoms with Gasteiger partial charge in [0.25, 0.3) is 0 Å². The lowest BCUT2D eigenvalue weighted by Gasteiger charge is -2.40. The van der Waals surface area contributed by atoms with Crippen LogP contribution < -0.4 is 4.90 Å². The van der Waals surface area contributed by atoms with Crippen LogP contribution in [0.15, 0.2) is 39.8 Å². The third kappa shape index (κ3) is 2.86. The van der Waals surface area contributed by atoms with E-state index in [1.54, 1.807) is 18.2 Å². The van der Waals surface area contributed by atoms with Crippen molar-refractivity contribution >= 4 is 15.7 Å². The molecular weight excluding hydrogens is 314 g/mol. The molecule has 0 spiro atoms. The highest BCUT2D eigenvalue weighted by Gasteiger charge is 2.37. The molecule has 0 saturated carbocycles. The maximum absolute atomic E-state index is 13.0. The summed E-state index contributed by atoms with van der Waals surface area (Å²) in [6.07, 6.45) is 0. The summed E-state index contributed by atoms with van der Waals surface area (Å²) in [4.78, 5) is 2.42. The Morgan fingerprint density at radius 2 is 1.87 bits per heavy atom. The van der Waals surface area contributed by atoms with Gasteiger partial charge in [-0.25, -0.2) is 8.42 Å². The number of anilines is 1. The molecule has 1 fully saturated rings. The zero-order chi connectivity index (χ0) is 16.6. The second kappa shape index (κ2) is 5.98. The predicted molar refractivity (Wildman–Crippen MR) is 88.0 cm³/mol. The molecule has 1 aromatic carbocycles. The lowest BCUT2D eigenvalue weighted by Crippen LogP contribution is -2.54. The fourth-order valence-electron chi connectivity index (χ4n) is 3.13. The number of nitrogens with zero attached hydrogens (tertiary/aromatic N) is 3. The first-order valence-corrected chi connectivity index (χ1v) is 9.10. The quantitative estimate of drug-likeness (QED) is 0.860. The molecule has 0 N–H and O–H groups in total. The summed E-state index contributed by atoms with van der Waals surface area (Å²) in [6, 6.07) is 9.93. The van der Waals surface area contributed by atoms with Gasteiger partial charge < -0.3 is 9.42 Å². The van der Waals surface area contributed by atoms with Crippen molar-refractivity contribution in [2.45, 2.75) is 31.7 Å². The van der Waals surface area contributed by atoms with Gasteiger partial charge in [-0.2, -0.15) is 4.31 Å². The van der Waals surface area contributed by atoms with E-state index in [-0.39, 0.29) is 10.9 Å². The second-order valence-electron chi connectivity index (χ2n) is 5.90. The Kier molecular flexibility index (Phi) is 4.16. The molecule has 0 bridgehead atoms.